The molecule has 0 saturated heterocycles. The zero-order valence-electron chi connectivity index (χ0n) is 20.7. The lowest BCUT2D eigenvalue weighted by molar-refractivity contribution is -0.145. The molecular weight excluding hydrogens is 444 g/mol. The van der Waals surface area contributed by atoms with Crippen LogP contribution in [0.25, 0.3) is 0 Å². The van der Waals surface area contributed by atoms with Crippen molar-refractivity contribution in [1.29, 1.82) is 0 Å². The summed E-state index contributed by atoms with van der Waals surface area (Å²) >= 11 is 0. The van der Waals surface area contributed by atoms with E-state index in [0.717, 1.165) is 37.7 Å². The number of benzene rings is 1. The summed E-state index contributed by atoms with van der Waals surface area (Å²) in [6, 6.07) is 9.23. The van der Waals surface area contributed by atoms with Crippen LogP contribution in [-0.4, -0.2) is 47.7 Å². The summed E-state index contributed by atoms with van der Waals surface area (Å²) in [6.45, 7) is 7.34. The van der Waals surface area contributed by atoms with Gasteiger partial charge in [0, 0.05) is 12.8 Å². The van der Waals surface area contributed by atoms with E-state index in [1.807, 2.05) is 30.3 Å². The molecule has 1 aromatic carbocycles. The van der Waals surface area contributed by atoms with E-state index in [0.29, 0.717) is 25.7 Å². The molecule has 1 aliphatic rings. The molecule has 1 aliphatic carbocycles. The van der Waals surface area contributed by atoms with Gasteiger partial charge >= 0.3 is 5.97 Å². The van der Waals surface area contributed by atoms with E-state index >= 15 is 0 Å². The number of amides is 2. The number of carbonyl (C=O) groups is 3. The Morgan fingerprint density at radius 2 is 1.83 bits per heavy atom. The number of rotatable bonds is 16. The molecule has 0 heterocycles. The highest BCUT2D eigenvalue weighted by Crippen LogP contribution is 2.29. The molecule has 2 amide bonds. The van der Waals surface area contributed by atoms with Crippen LogP contribution in [-0.2, 0) is 25.5 Å². The third kappa shape index (κ3) is 10.1. The van der Waals surface area contributed by atoms with Crippen molar-refractivity contribution in [2.24, 2.45) is 5.92 Å². The summed E-state index contributed by atoms with van der Waals surface area (Å²) in [6.07, 6.45) is 9.33. The Balaban J connectivity index is 2.01. The van der Waals surface area contributed by atoms with Crippen LogP contribution in [0.15, 0.2) is 55.6 Å². The van der Waals surface area contributed by atoms with Crippen LogP contribution in [0.4, 0.5) is 0 Å². The fourth-order valence-electron chi connectivity index (χ4n) is 4.45. The van der Waals surface area contributed by atoms with Gasteiger partial charge in [-0.1, -0.05) is 55.3 Å². The van der Waals surface area contributed by atoms with Gasteiger partial charge in [0.25, 0.3) is 0 Å². The molecule has 0 unspecified atom stereocenters. The van der Waals surface area contributed by atoms with Gasteiger partial charge in [-0.05, 0) is 44.1 Å². The first kappa shape index (κ1) is 28.3. The van der Waals surface area contributed by atoms with E-state index in [1.165, 1.54) is 0 Å². The molecule has 0 aliphatic heterocycles. The van der Waals surface area contributed by atoms with Gasteiger partial charge in [0.1, 0.15) is 6.61 Å². The second-order valence-corrected chi connectivity index (χ2v) is 9.38. The largest absolute Gasteiger partial charge is 0.463 e. The Hall–Kier alpha value is -2.93. The first-order chi connectivity index (χ1) is 16.9. The molecule has 0 radical (unpaired) electrons. The molecule has 1 fully saturated rings. The number of aliphatic hydroxyl groups excluding tert-OH is 1. The van der Waals surface area contributed by atoms with Crippen LogP contribution in [0.2, 0.25) is 0 Å². The number of hydrogen-bond donors (Lipinski definition) is 3. The summed E-state index contributed by atoms with van der Waals surface area (Å²) in [5, 5.41) is 15.7. The molecule has 7 nitrogen and oxygen atoms in total. The number of ether oxygens (including phenoxy) is 1. The van der Waals surface area contributed by atoms with E-state index in [4.69, 9.17) is 4.74 Å². The highest BCUT2D eigenvalue weighted by molar-refractivity contribution is 5.86. The topological polar surface area (TPSA) is 105 Å². The Bertz CT molecular complexity index is 833. The maximum atomic E-state index is 13.2. The van der Waals surface area contributed by atoms with E-state index in [2.05, 4.69) is 23.8 Å². The van der Waals surface area contributed by atoms with Crippen molar-refractivity contribution < 1.29 is 24.2 Å². The van der Waals surface area contributed by atoms with Crippen molar-refractivity contribution >= 4 is 17.8 Å². The molecule has 3 N–H and O–H groups in total. The number of unbranched alkanes of at least 4 members (excludes halogenated alkanes) is 1. The minimum absolute atomic E-state index is 0.000991. The van der Waals surface area contributed by atoms with Gasteiger partial charge in [-0.25, -0.2) is 0 Å². The zero-order chi connectivity index (χ0) is 25.5. The molecular formula is C28H40N2O5. The van der Waals surface area contributed by atoms with Crippen molar-refractivity contribution in [3.8, 4) is 0 Å². The monoisotopic (exact) mass is 484 g/mol. The molecule has 2 atom stereocenters. The second kappa shape index (κ2) is 15.1. The van der Waals surface area contributed by atoms with Gasteiger partial charge in [-0.2, -0.15) is 0 Å². The first-order valence-corrected chi connectivity index (χ1v) is 12.5. The molecule has 0 aromatic heterocycles. The highest BCUT2D eigenvalue weighted by atomic mass is 16.5. The molecule has 7 heteroatoms. The maximum Gasteiger partial charge on any atom is 0.305 e. The number of aliphatic hydroxyl groups is 1. The Kier molecular flexibility index (Phi) is 12.2. The predicted molar refractivity (Wildman–Crippen MR) is 136 cm³/mol. The summed E-state index contributed by atoms with van der Waals surface area (Å²) in [5.74, 6) is -1.46. The molecule has 35 heavy (non-hydrogen) atoms. The average Bonchev–Trinajstić information content (AvgIpc) is 3.31. The third-order valence-electron chi connectivity index (χ3n) is 6.43. The fourth-order valence-corrected chi connectivity index (χ4v) is 4.45. The van der Waals surface area contributed by atoms with Crippen molar-refractivity contribution in [3.05, 3.63) is 61.2 Å². The molecule has 1 aromatic rings. The molecule has 2 rings (SSSR count). The zero-order valence-corrected chi connectivity index (χ0v) is 20.7. The van der Waals surface area contributed by atoms with Crippen molar-refractivity contribution in [2.75, 3.05) is 13.2 Å². The highest BCUT2D eigenvalue weighted by Gasteiger charge is 2.35. The molecule has 0 bridgehead atoms. The van der Waals surface area contributed by atoms with Gasteiger partial charge in [0.15, 0.2) is 0 Å². The van der Waals surface area contributed by atoms with E-state index in [9.17, 15) is 19.5 Å². The summed E-state index contributed by atoms with van der Waals surface area (Å²) < 4.78 is 5.45. The lowest BCUT2D eigenvalue weighted by Crippen LogP contribution is -2.50. The van der Waals surface area contributed by atoms with Gasteiger partial charge in [-0.15, -0.1) is 13.2 Å². The van der Waals surface area contributed by atoms with Crippen molar-refractivity contribution in [1.82, 2.24) is 10.6 Å². The van der Waals surface area contributed by atoms with Gasteiger partial charge < -0.3 is 20.5 Å². The van der Waals surface area contributed by atoms with Crippen LogP contribution in [0.5, 0.6) is 0 Å². The molecule has 192 valence electrons. The number of allylic oxidation sites excluding steroid dienone is 2. The summed E-state index contributed by atoms with van der Waals surface area (Å²) in [7, 11) is 0. The Morgan fingerprint density at radius 1 is 1.11 bits per heavy atom. The van der Waals surface area contributed by atoms with Crippen LogP contribution >= 0.6 is 0 Å². The summed E-state index contributed by atoms with van der Waals surface area (Å²) in [5.41, 5.74) is 0.423. The van der Waals surface area contributed by atoms with Crippen molar-refractivity contribution in [3.63, 3.8) is 0 Å². The average molecular weight is 485 g/mol. The second-order valence-electron chi connectivity index (χ2n) is 9.38. The van der Waals surface area contributed by atoms with Crippen molar-refractivity contribution in [2.45, 2.75) is 75.8 Å². The third-order valence-corrected chi connectivity index (χ3v) is 6.43. The van der Waals surface area contributed by atoms with Crippen LogP contribution in [0, 0.1) is 5.92 Å². The van der Waals surface area contributed by atoms with Gasteiger partial charge in [-0.3, -0.25) is 14.4 Å². The standard InChI is InChI=1S/C28H40N2O5/c1-3-5-7-15-26(33)35-20-24(18-22-13-8-6-9-14-22)29-27(34)23(12-4-2)19-25(32)30-28(21-31)16-10-11-17-28/h3-4,6,8-9,13-14,23-24,31H,1-2,5,7,10-12,15-21H2,(H,29,34)(H,30,32)/t23-,24+/m1/s1. The van der Waals surface area contributed by atoms with Gasteiger partial charge in [0.05, 0.1) is 24.1 Å². The Morgan fingerprint density at radius 3 is 2.46 bits per heavy atom. The smallest absolute Gasteiger partial charge is 0.305 e. The van der Waals surface area contributed by atoms with E-state index < -0.39 is 17.5 Å². The SMILES string of the molecule is C=CCCCC(=O)OC[C@H](Cc1ccccc1)NC(=O)[C@H](CC=C)CC(=O)NC1(CO)CCCC1. The van der Waals surface area contributed by atoms with Crippen LogP contribution < -0.4 is 10.6 Å². The molecule has 0 spiro atoms. The quantitative estimate of drug-likeness (QED) is 0.189. The lowest BCUT2D eigenvalue weighted by Gasteiger charge is -2.29. The number of hydrogen-bond acceptors (Lipinski definition) is 5. The normalized spacial score (nSPS) is 16.0. The number of carbonyl (C=O) groups excluding carboxylic acids is 3. The molecule has 1 saturated carbocycles. The fraction of sp³-hybridized carbons (Fsp3) is 0.536. The Labute approximate surface area is 209 Å². The van der Waals surface area contributed by atoms with Crippen LogP contribution in [0.1, 0.15) is 63.4 Å². The number of nitrogens with one attached hydrogen (secondary N) is 2. The maximum absolute atomic E-state index is 13.2. The predicted octanol–water partition coefficient (Wildman–Crippen LogP) is 3.62. The minimum Gasteiger partial charge on any atom is -0.463 e. The summed E-state index contributed by atoms with van der Waals surface area (Å²) in [4.78, 5) is 38.0. The van der Waals surface area contributed by atoms with E-state index in [-0.39, 0.29) is 37.4 Å². The van der Waals surface area contributed by atoms with Gasteiger partial charge in [0.2, 0.25) is 11.8 Å². The first-order valence-electron chi connectivity index (χ1n) is 12.5. The minimum atomic E-state index is -0.605. The van der Waals surface area contributed by atoms with Crippen LogP contribution in [0.3, 0.4) is 0 Å². The number of esters is 1. The van der Waals surface area contributed by atoms with E-state index in [1.54, 1.807) is 12.2 Å². The lowest BCUT2D eigenvalue weighted by atomic mass is 9.95.